The van der Waals surface area contributed by atoms with Crippen LogP contribution in [0, 0.1) is 5.82 Å². The molecule has 0 atom stereocenters. The van der Waals surface area contributed by atoms with Crippen LogP contribution in [-0.4, -0.2) is 26.1 Å². The van der Waals surface area contributed by atoms with Crippen LogP contribution in [0.5, 0.6) is 0 Å². The van der Waals surface area contributed by atoms with Crippen molar-refractivity contribution >= 4 is 11.8 Å². The number of rotatable bonds is 3. The Kier molecular flexibility index (Phi) is 3.21. The normalized spacial score (nSPS) is 10.7. The summed E-state index contributed by atoms with van der Waals surface area (Å²) in [4.78, 5) is 0. The third-order valence-corrected chi connectivity index (χ3v) is 2.72. The molecule has 1 heterocycles. The Labute approximate surface area is 96.1 Å². The number of hydrogen-bond donors (Lipinski definition) is 1. The molecule has 0 aliphatic carbocycles. The quantitative estimate of drug-likeness (QED) is 0.827. The van der Waals surface area contributed by atoms with Crippen LogP contribution < -0.4 is 0 Å². The molecule has 1 N–H and O–H groups in total. The summed E-state index contributed by atoms with van der Waals surface area (Å²) in [5.41, 5.74) is 0.610. The molecule has 84 valence electrons. The number of aliphatic hydroxyl groups is 1. The van der Waals surface area contributed by atoms with Gasteiger partial charge in [-0.15, -0.1) is 10.2 Å². The van der Waals surface area contributed by atoms with Crippen molar-refractivity contribution in [2.24, 2.45) is 0 Å². The van der Waals surface area contributed by atoms with E-state index in [1.807, 2.05) is 6.26 Å². The maximum Gasteiger partial charge on any atom is 0.195 e. The third-order valence-electron chi connectivity index (χ3n) is 2.09. The number of aromatic nitrogens is 3. The predicted molar refractivity (Wildman–Crippen MR) is 59.0 cm³/mol. The van der Waals surface area contributed by atoms with Crippen LogP contribution in [0.2, 0.25) is 0 Å². The van der Waals surface area contributed by atoms with Gasteiger partial charge >= 0.3 is 0 Å². The molecular weight excluding hydrogens is 229 g/mol. The van der Waals surface area contributed by atoms with Crippen molar-refractivity contribution in [3.8, 4) is 5.69 Å². The van der Waals surface area contributed by atoms with E-state index in [9.17, 15) is 4.39 Å². The largest absolute Gasteiger partial charge is 0.388 e. The Balaban J connectivity index is 2.57. The van der Waals surface area contributed by atoms with Crippen LogP contribution in [0.1, 0.15) is 5.82 Å². The number of hydrogen-bond acceptors (Lipinski definition) is 4. The molecule has 4 nitrogen and oxygen atoms in total. The molecule has 0 saturated heterocycles. The maximum absolute atomic E-state index is 13.1. The van der Waals surface area contributed by atoms with Crippen molar-refractivity contribution in [3.05, 3.63) is 35.9 Å². The van der Waals surface area contributed by atoms with Crippen LogP contribution in [-0.2, 0) is 6.61 Å². The second-order valence-corrected chi connectivity index (χ2v) is 3.85. The molecule has 2 rings (SSSR count). The Hall–Kier alpha value is -1.40. The molecule has 0 radical (unpaired) electrons. The van der Waals surface area contributed by atoms with Crippen LogP contribution in [0.4, 0.5) is 4.39 Å². The number of benzene rings is 1. The van der Waals surface area contributed by atoms with Crippen molar-refractivity contribution in [1.82, 2.24) is 14.8 Å². The van der Waals surface area contributed by atoms with Gasteiger partial charge in [-0.05, 0) is 24.5 Å². The Morgan fingerprint density at radius 3 is 2.88 bits per heavy atom. The molecule has 0 spiro atoms. The molecule has 0 amide bonds. The summed E-state index contributed by atoms with van der Waals surface area (Å²) in [6, 6.07) is 6.09. The van der Waals surface area contributed by atoms with Gasteiger partial charge in [0, 0.05) is 0 Å². The molecule has 0 aliphatic rings. The van der Waals surface area contributed by atoms with Gasteiger partial charge in [0.1, 0.15) is 12.4 Å². The fourth-order valence-electron chi connectivity index (χ4n) is 1.41. The summed E-state index contributed by atoms with van der Waals surface area (Å²) in [7, 11) is 0. The van der Waals surface area contributed by atoms with Crippen molar-refractivity contribution in [3.63, 3.8) is 0 Å². The molecule has 1 aromatic carbocycles. The molecule has 0 bridgehead atoms. The van der Waals surface area contributed by atoms with Crippen molar-refractivity contribution < 1.29 is 9.50 Å². The second-order valence-electron chi connectivity index (χ2n) is 3.08. The summed E-state index contributed by atoms with van der Waals surface area (Å²) in [5.74, 6) is 0.0668. The standard InChI is InChI=1S/C10H10FN3OS/c1-16-10-13-12-9(6-15)14(10)8-4-2-3-7(11)5-8/h2-5,15H,6H2,1H3. The zero-order valence-electron chi connectivity index (χ0n) is 8.59. The first kappa shape index (κ1) is 11.1. The first-order valence-electron chi connectivity index (χ1n) is 4.61. The number of nitrogens with zero attached hydrogens (tertiary/aromatic N) is 3. The summed E-state index contributed by atoms with van der Waals surface area (Å²) < 4.78 is 14.7. The van der Waals surface area contributed by atoms with E-state index in [2.05, 4.69) is 10.2 Å². The molecule has 0 fully saturated rings. The van der Waals surface area contributed by atoms with Crippen molar-refractivity contribution in [2.45, 2.75) is 11.8 Å². The summed E-state index contributed by atoms with van der Waals surface area (Å²) in [5, 5.41) is 17.5. The Morgan fingerprint density at radius 2 is 2.25 bits per heavy atom. The number of thioether (sulfide) groups is 1. The highest BCUT2D eigenvalue weighted by Crippen LogP contribution is 2.20. The molecule has 1 aromatic heterocycles. The SMILES string of the molecule is CSc1nnc(CO)n1-c1cccc(F)c1. The van der Waals surface area contributed by atoms with Gasteiger partial charge in [0.25, 0.3) is 0 Å². The second kappa shape index (κ2) is 4.63. The molecular formula is C10H10FN3OS. The lowest BCUT2D eigenvalue weighted by molar-refractivity contribution is 0.268. The number of aliphatic hydroxyl groups excluding tert-OH is 1. The Morgan fingerprint density at radius 1 is 1.44 bits per heavy atom. The van der Waals surface area contributed by atoms with Gasteiger partial charge in [-0.3, -0.25) is 4.57 Å². The highest BCUT2D eigenvalue weighted by molar-refractivity contribution is 7.98. The van der Waals surface area contributed by atoms with Gasteiger partial charge in [-0.25, -0.2) is 4.39 Å². The minimum atomic E-state index is -0.331. The number of halogens is 1. The lowest BCUT2D eigenvalue weighted by Gasteiger charge is -2.07. The van der Waals surface area contributed by atoms with E-state index in [0.717, 1.165) is 0 Å². The van der Waals surface area contributed by atoms with Gasteiger partial charge in [-0.2, -0.15) is 0 Å². The van der Waals surface area contributed by atoms with Crippen LogP contribution in [0.15, 0.2) is 29.4 Å². The minimum absolute atomic E-state index is 0.232. The molecule has 0 unspecified atom stereocenters. The zero-order chi connectivity index (χ0) is 11.5. The lowest BCUT2D eigenvalue weighted by atomic mass is 10.3. The lowest BCUT2D eigenvalue weighted by Crippen LogP contribution is -2.02. The van der Waals surface area contributed by atoms with E-state index in [1.54, 1.807) is 16.7 Å². The van der Waals surface area contributed by atoms with Gasteiger partial charge in [0.05, 0.1) is 5.69 Å². The van der Waals surface area contributed by atoms with Crippen LogP contribution in [0.25, 0.3) is 5.69 Å². The first-order valence-corrected chi connectivity index (χ1v) is 5.84. The Bertz CT molecular complexity index is 479. The monoisotopic (exact) mass is 239 g/mol. The molecule has 6 heteroatoms. The van der Waals surface area contributed by atoms with Crippen molar-refractivity contribution in [1.29, 1.82) is 0 Å². The van der Waals surface area contributed by atoms with Gasteiger partial charge in [-0.1, -0.05) is 17.8 Å². The third kappa shape index (κ3) is 1.94. The predicted octanol–water partition coefficient (Wildman–Crippen LogP) is 1.62. The van der Waals surface area contributed by atoms with E-state index < -0.39 is 0 Å². The molecule has 0 saturated carbocycles. The van der Waals surface area contributed by atoms with E-state index in [4.69, 9.17) is 5.11 Å². The summed E-state index contributed by atoms with van der Waals surface area (Å²) in [6.07, 6.45) is 1.85. The van der Waals surface area contributed by atoms with Crippen molar-refractivity contribution in [2.75, 3.05) is 6.26 Å². The van der Waals surface area contributed by atoms with Gasteiger partial charge < -0.3 is 5.11 Å². The minimum Gasteiger partial charge on any atom is -0.388 e. The smallest absolute Gasteiger partial charge is 0.195 e. The van der Waals surface area contributed by atoms with E-state index in [0.29, 0.717) is 16.7 Å². The van der Waals surface area contributed by atoms with E-state index in [-0.39, 0.29) is 12.4 Å². The fourth-order valence-corrected chi connectivity index (χ4v) is 1.93. The maximum atomic E-state index is 13.1. The van der Waals surface area contributed by atoms with Gasteiger partial charge in [0.15, 0.2) is 11.0 Å². The zero-order valence-corrected chi connectivity index (χ0v) is 9.41. The topological polar surface area (TPSA) is 50.9 Å². The van der Waals surface area contributed by atoms with Crippen LogP contribution in [0.3, 0.4) is 0 Å². The summed E-state index contributed by atoms with van der Waals surface area (Å²) in [6.45, 7) is -0.232. The van der Waals surface area contributed by atoms with E-state index in [1.165, 1.54) is 23.9 Å². The van der Waals surface area contributed by atoms with Gasteiger partial charge in [0.2, 0.25) is 0 Å². The van der Waals surface area contributed by atoms with Crippen LogP contribution >= 0.6 is 11.8 Å². The molecule has 0 aliphatic heterocycles. The fraction of sp³-hybridized carbons (Fsp3) is 0.200. The average Bonchev–Trinajstić information content (AvgIpc) is 2.71. The summed E-state index contributed by atoms with van der Waals surface area (Å²) >= 11 is 1.39. The first-order chi connectivity index (χ1) is 7.76. The van der Waals surface area contributed by atoms with E-state index >= 15 is 0 Å². The molecule has 2 aromatic rings. The molecule has 16 heavy (non-hydrogen) atoms. The highest BCUT2D eigenvalue weighted by Gasteiger charge is 2.12. The average molecular weight is 239 g/mol. The highest BCUT2D eigenvalue weighted by atomic mass is 32.2.